The number of carbonyl (C=O) groups is 1. The molecular weight excluding hydrogens is 462 g/mol. The van der Waals surface area contributed by atoms with Crippen LogP contribution in [0.2, 0.25) is 5.02 Å². The lowest BCUT2D eigenvalue weighted by atomic mass is 9.96. The van der Waals surface area contributed by atoms with Crippen LogP contribution in [0.4, 0.5) is 11.5 Å². The number of benzene rings is 1. The van der Waals surface area contributed by atoms with E-state index in [1.807, 2.05) is 21.7 Å². The molecule has 0 saturated carbocycles. The first-order valence-corrected chi connectivity index (χ1v) is 13.4. The number of piperidine rings is 1. The normalized spacial score (nSPS) is 18.9. The van der Waals surface area contributed by atoms with Crippen LogP contribution in [-0.4, -0.2) is 54.7 Å². The minimum Gasteiger partial charge on any atom is -0.355 e. The first kappa shape index (κ1) is 22.0. The molecule has 1 amide bonds. The number of hydrogen-bond acceptors (Lipinski definition) is 5. The highest BCUT2D eigenvalue weighted by Crippen LogP contribution is 2.35. The predicted molar refractivity (Wildman–Crippen MR) is 130 cm³/mol. The van der Waals surface area contributed by atoms with Gasteiger partial charge in [0.15, 0.2) is 0 Å². The third-order valence-corrected chi connectivity index (χ3v) is 7.13. The molecular formula is C23H26ClN5O3S. The molecule has 2 fully saturated rings. The summed E-state index contributed by atoms with van der Waals surface area (Å²) in [7, 11) is -3.55. The van der Waals surface area contributed by atoms with Crippen LogP contribution in [0.5, 0.6) is 0 Å². The Morgan fingerprint density at radius 1 is 1.09 bits per heavy atom. The number of fused-ring (bicyclic) bond motifs is 1. The van der Waals surface area contributed by atoms with Gasteiger partial charge in [-0.2, -0.15) is 5.10 Å². The molecule has 10 heteroatoms. The summed E-state index contributed by atoms with van der Waals surface area (Å²) in [5.41, 5.74) is 2.49. The van der Waals surface area contributed by atoms with Crippen LogP contribution in [0.15, 0.2) is 42.6 Å². The number of nitrogens with one attached hydrogen (secondary N) is 1. The van der Waals surface area contributed by atoms with E-state index >= 15 is 0 Å². The first-order chi connectivity index (χ1) is 15.8. The smallest absolute Gasteiger partial charge is 0.256 e. The van der Waals surface area contributed by atoms with Gasteiger partial charge in [-0.1, -0.05) is 11.6 Å². The molecule has 5 rings (SSSR count). The molecule has 0 bridgehead atoms. The maximum atomic E-state index is 13.7. The average Bonchev–Trinajstić information content (AvgIpc) is 3.16. The molecule has 4 heterocycles. The van der Waals surface area contributed by atoms with E-state index in [4.69, 9.17) is 16.7 Å². The SMILES string of the molecule is CS(=O)(=O)Nc1ccc(Cl)cc1C(=O)N1CCCCC1c1cc2ccc(N3CCC3)nn2c1. The molecule has 1 unspecified atom stereocenters. The minimum absolute atomic E-state index is 0.120. The number of hydrogen-bond donors (Lipinski definition) is 1. The van der Waals surface area contributed by atoms with Gasteiger partial charge in [-0.05, 0) is 67.6 Å². The fourth-order valence-electron chi connectivity index (χ4n) is 4.56. The van der Waals surface area contributed by atoms with Gasteiger partial charge in [-0.15, -0.1) is 0 Å². The zero-order valence-corrected chi connectivity index (χ0v) is 19.9. The maximum Gasteiger partial charge on any atom is 0.256 e. The van der Waals surface area contributed by atoms with Crippen LogP contribution < -0.4 is 9.62 Å². The van der Waals surface area contributed by atoms with Crippen LogP contribution in [0, 0.1) is 0 Å². The summed E-state index contributed by atoms with van der Waals surface area (Å²) in [6.07, 6.45) is 6.99. The molecule has 1 atom stereocenters. The molecule has 174 valence electrons. The minimum atomic E-state index is -3.55. The van der Waals surface area contributed by atoms with E-state index < -0.39 is 10.0 Å². The van der Waals surface area contributed by atoms with E-state index in [1.54, 1.807) is 6.07 Å². The van der Waals surface area contributed by atoms with Gasteiger partial charge in [-0.3, -0.25) is 9.52 Å². The van der Waals surface area contributed by atoms with Crippen LogP contribution in [0.25, 0.3) is 5.52 Å². The van der Waals surface area contributed by atoms with Crippen molar-refractivity contribution in [2.75, 3.05) is 35.5 Å². The first-order valence-electron chi connectivity index (χ1n) is 11.1. The Hall–Kier alpha value is -2.78. The number of likely N-dealkylation sites (tertiary alicyclic amines) is 1. The summed E-state index contributed by atoms with van der Waals surface area (Å²) in [6, 6.07) is 10.7. The van der Waals surface area contributed by atoms with Crippen molar-refractivity contribution in [2.45, 2.75) is 31.7 Å². The summed E-state index contributed by atoms with van der Waals surface area (Å²) in [6.45, 7) is 2.65. The highest BCUT2D eigenvalue weighted by Gasteiger charge is 2.31. The fourth-order valence-corrected chi connectivity index (χ4v) is 5.31. The average molecular weight is 488 g/mol. The summed E-state index contributed by atoms with van der Waals surface area (Å²) in [5, 5.41) is 5.13. The number of rotatable bonds is 5. The van der Waals surface area contributed by atoms with Crippen LogP contribution >= 0.6 is 11.6 Å². The number of anilines is 2. The molecule has 0 aliphatic carbocycles. The Morgan fingerprint density at radius 2 is 1.91 bits per heavy atom. The van der Waals surface area contributed by atoms with Gasteiger partial charge in [-0.25, -0.2) is 12.9 Å². The summed E-state index contributed by atoms with van der Waals surface area (Å²) in [5.74, 6) is 0.723. The topological polar surface area (TPSA) is 87.0 Å². The van der Waals surface area contributed by atoms with Gasteiger partial charge in [0.1, 0.15) is 5.82 Å². The number of halogens is 1. The van der Waals surface area contributed by atoms with Crippen LogP contribution in [-0.2, 0) is 10.0 Å². The Kier molecular flexibility index (Phi) is 5.70. The van der Waals surface area contributed by atoms with Crippen LogP contribution in [0.3, 0.4) is 0 Å². The Balaban J connectivity index is 1.48. The van der Waals surface area contributed by atoms with E-state index in [9.17, 15) is 13.2 Å². The molecule has 0 radical (unpaired) electrons. The van der Waals surface area contributed by atoms with Crippen molar-refractivity contribution in [3.05, 3.63) is 58.7 Å². The standard InChI is InChI=1S/C23H26ClN5O3S/c1-33(31,32)26-20-8-6-17(24)14-19(20)23(30)28-12-3-2-5-21(28)16-13-18-7-9-22(25-29(18)15-16)27-10-4-11-27/h6-9,13-15,21,26H,2-5,10-12H2,1H3. The van der Waals surface area contributed by atoms with Gasteiger partial charge >= 0.3 is 0 Å². The van der Waals surface area contributed by atoms with E-state index in [-0.39, 0.29) is 23.2 Å². The highest BCUT2D eigenvalue weighted by atomic mass is 35.5. The van der Waals surface area contributed by atoms with Gasteiger partial charge in [0, 0.05) is 30.9 Å². The largest absolute Gasteiger partial charge is 0.355 e. The number of aromatic nitrogens is 2. The predicted octanol–water partition coefficient (Wildman–Crippen LogP) is 3.94. The monoisotopic (exact) mass is 487 g/mol. The third-order valence-electron chi connectivity index (χ3n) is 6.30. The van der Waals surface area contributed by atoms with Crippen molar-refractivity contribution in [3.63, 3.8) is 0 Å². The molecule has 2 aliphatic heterocycles. The summed E-state index contributed by atoms with van der Waals surface area (Å²) in [4.78, 5) is 17.7. The zero-order chi connectivity index (χ0) is 23.2. The number of nitrogens with zero attached hydrogens (tertiary/aromatic N) is 4. The Bertz CT molecular complexity index is 1320. The van der Waals surface area contributed by atoms with Crippen molar-refractivity contribution in [3.8, 4) is 0 Å². The molecule has 33 heavy (non-hydrogen) atoms. The lowest BCUT2D eigenvalue weighted by Crippen LogP contribution is -2.38. The summed E-state index contributed by atoms with van der Waals surface area (Å²) >= 11 is 6.17. The number of sulfonamides is 1. The third kappa shape index (κ3) is 4.52. The van der Waals surface area contributed by atoms with Crippen molar-refractivity contribution in [2.24, 2.45) is 0 Å². The molecule has 2 saturated heterocycles. The molecule has 2 aliphatic rings. The highest BCUT2D eigenvalue weighted by molar-refractivity contribution is 7.92. The summed E-state index contributed by atoms with van der Waals surface area (Å²) < 4.78 is 28.0. The second kappa shape index (κ2) is 8.53. The van der Waals surface area contributed by atoms with Crippen LogP contribution in [0.1, 0.15) is 47.6 Å². The molecule has 8 nitrogen and oxygen atoms in total. The Labute approximate surface area is 198 Å². The van der Waals surface area contributed by atoms with Crippen molar-refractivity contribution in [1.82, 2.24) is 14.5 Å². The molecule has 0 spiro atoms. The molecule has 1 aromatic carbocycles. The maximum absolute atomic E-state index is 13.7. The molecule has 1 N–H and O–H groups in total. The van der Waals surface area contributed by atoms with E-state index in [0.29, 0.717) is 11.6 Å². The lowest BCUT2D eigenvalue weighted by Gasteiger charge is -2.36. The second-order valence-corrected chi connectivity index (χ2v) is 10.9. The van der Waals surface area contributed by atoms with Gasteiger partial charge < -0.3 is 9.80 Å². The molecule has 3 aromatic rings. The van der Waals surface area contributed by atoms with Crippen molar-refractivity contribution in [1.29, 1.82) is 0 Å². The zero-order valence-electron chi connectivity index (χ0n) is 18.4. The van der Waals surface area contributed by atoms with Gasteiger partial charge in [0.2, 0.25) is 10.0 Å². The van der Waals surface area contributed by atoms with Crippen molar-refractivity contribution < 1.29 is 13.2 Å². The fraction of sp³-hybridized carbons (Fsp3) is 0.391. The Morgan fingerprint density at radius 3 is 2.64 bits per heavy atom. The lowest BCUT2D eigenvalue weighted by molar-refractivity contribution is 0.0612. The van der Waals surface area contributed by atoms with E-state index in [1.165, 1.54) is 18.6 Å². The van der Waals surface area contributed by atoms with E-state index in [2.05, 4.69) is 21.8 Å². The van der Waals surface area contributed by atoms with Gasteiger partial charge in [0.25, 0.3) is 5.91 Å². The molecule has 2 aromatic heterocycles. The van der Waals surface area contributed by atoms with Gasteiger partial charge in [0.05, 0.1) is 29.1 Å². The van der Waals surface area contributed by atoms with E-state index in [0.717, 1.165) is 55.5 Å². The number of carbonyl (C=O) groups excluding carboxylic acids is 1. The number of amides is 1. The second-order valence-electron chi connectivity index (χ2n) is 8.75. The quantitative estimate of drug-likeness (QED) is 0.589. The van der Waals surface area contributed by atoms with Crippen molar-refractivity contribution >= 4 is 44.6 Å².